The Hall–Kier alpha value is -2.35. The summed E-state index contributed by atoms with van der Waals surface area (Å²) in [4.78, 5) is 4.56. The van der Waals surface area contributed by atoms with Gasteiger partial charge in [0.05, 0.1) is 17.3 Å². The smallest absolute Gasteiger partial charge is 0.131 e. The molecule has 2 aromatic carbocycles. The number of aromatic nitrogens is 1. The van der Waals surface area contributed by atoms with E-state index in [0.29, 0.717) is 17.2 Å². The van der Waals surface area contributed by atoms with Crippen LogP contribution in [-0.2, 0) is 6.61 Å². The normalized spacial score (nSPS) is 10.2. The Morgan fingerprint density at radius 1 is 1.09 bits per heavy atom. The predicted molar refractivity (Wildman–Crippen MR) is 88.0 cm³/mol. The Labute approximate surface area is 137 Å². The van der Waals surface area contributed by atoms with E-state index in [4.69, 9.17) is 21.6 Å². The van der Waals surface area contributed by atoms with Gasteiger partial charge in [-0.3, -0.25) is 0 Å². The van der Waals surface area contributed by atoms with Crippen LogP contribution in [0.15, 0.2) is 53.9 Å². The summed E-state index contributed by atoms with van der Waals surface area (Å²) in [7, 11) is 0. The molecule has 0 atom stereocenters. The van der Waals surface area contributed by atoms with E-state index in [0.717, 1.165) is 22.0 Å². The van der Waals surface area contributed by atoms with Gasteiger partial charge in [0, 0.05) is 16.0 Å². The molecule has 0 spiro atoms. The fourth-order valence-electron chi connectivity index (χ4n) is 1.88. The summed E-state index contributed by atoms with van der Waals surface area (Å²) in [5.41, 5.74) is 2.53. The molecule has 0 saturated heterocycles. The number of hydrogen-bond donors (Lipinski definition) is 0. The predicted octanol–water partition coefficient (Wildman–Crippen LogP) is 4.91. The molecule has 0 aliphatic carbocycles. The summed E-state index contributed by atoms with van der Waals surface area (Å²) < 4.78 is 5.67. The van der Waals surface area contributed by atoms with Crippen molar-refractivity contribution in [3.8, 4) is 22.4 Å². The van der Waals surface area contributed by atoms with Crippen molar-refractivity contribution >= 4 is 22.9 Å². The highest BCUT2D eigenvalue weighted by Gasteiger charge is 2.05. The lowest BCUT2D eigenvalue weighted by Gasteiger charge is -2.03. The molecule has 0 aliphatic heterocycles. The number of thiazole rings is 1. The Morgan fingerprint density at radius 3 is 2.50 bits per heavy atom. The van der Waals surface area contributed by atoms with Crippen molar-refractivity contribution in [2.75, 3.05) is 0 Å². The van der Waals surface area contributed by atoms with Crippen LogP contribution in [0.2, 0.25) is 5.02 Å². The first-order valence-electron chi connectivity index (χ1n) is 6.58. The highest BCUT2D eigenvalue weighted by Crippen LogP contribution is 2.25. The van der Waals surface area contributed by atoms with Crippen molar-refractivity contribution in [1.82, 2.24) is 4.98 Å². The van der Waals surface area contributed by atoms with Crippen LogP contribution in [0.4, 0.5) is 0 Å². The number of halogens is 1. The van der Waals surface area contributed by atoms with Crippen LogP contribution in [0.3, 0.4) is 0 Å². The third kappa shape index (κ3) is 3.45. The van der Waals surface area contributed by atoms with Crippen LogP contribution >= 0.6 is 22.9 Å². The first kappa shape index (κ1) is 14.6. The van der Waals surface area contributed by atoms with Gasteiger partial charge in [0.2, 0.25) is 0 Å². The van der Waals surface area contributed by atoms with Crippen molar-refractivity contribution in [1.29, 1.82) is 5.26 Å². The van der Waals surface area contributed by atoms with Gasteiger partial charge in [0.15, 0.2) is 0 Å². The fourth-order valence-corrected chi connectivity index (χ4v) is 2.82. The van der Waals surface area contributed by atoms with E-state index in [1.165, 1.54) is 0 Å². The average molecular weight is 327 g/mol. The summed E-state index contributed by atoms with van der Waals surface area (Å²) in [6, 6.07) is 16.7. The molecule has 3 rings (SSSR count). The van der Waals surface area contributed by atoms with Crippen molar-refractivity contribution in [3.05, 3.63) is 70.2 Å². The van der Waals surface area contributed by atoms with Crippen LogP contribution in [0.25, 0.3) is 10.6 Å². The molecule has 0 radical (unpaired) electrons. The molecule has 0 bridgehead atoms. The minimum Gasteiger partial charge on any atom is -0.487 e. The topological polar surface area (TPSA) is 45.9 Å². The molecule has 0 saturated carbocycles. The summed E-state index contributed by atoms with van der Waals surface area (Å²) in [6.07, 6.45) is 0. The van der Waals surface area contributed by atoms with Gasteiger partial charge in [-0.15, -0.1) is 11.3 Å². The number of nitriles is 1. The van der Waals surface area contributed by atoms with Gasteiger partial charge in [-0.1, -0.05) is 23.7 Å². The lowest BCUT2D eigenvalue weighted by atomic mass is 10.2. The third-order valence-corrected chi connectivity index (χ3v) is 4.21. The molecule has 0 aliphatic rings. The molecule has 22 heavy (non-hydrogen) atoms. The zero-order chi connectivity index (χ0) is 15.4. The summed E-state index contributed by atoms with van der Waals surface area (Å²) in [5, 5.41) is 12.4. The maximum absolute atomic E-state index is 8.76. The van der Waals surface area contributed by atoms with E-state index in [-0.39, 0.29) is 0 Å². The lowest BCUT2D eigenvalue weighted by molar-refractivity contribution is 0.302. The molecular weight excluding hydrogens is 316 g/mol. The minimum atomic E-state index is 0.399. The van der Waals surface area contributed by atoms with E-state index >= 15 is 0 Å². The zero-order valence-electron chi connectivity index (χ0n) is 11.5. The van der Waals surface area contributed by atoms with Crippen molar-refractivity contribution in [2.45, 2.75) is 6.61 Å². The second-order valence-electron chi connectivity index (χ2n) is 4.58. The first-order valence-corrected chi connectivity index (χ1v) is 7.84. The molecule has 1 aromatic heterocycles. The van der Waals surface area contributed by atoms with E-state index in [9.17, 15) is 0 Å². The molecule has 3 aromatic rings. The van der Waals surface area contributed by atoms with E-state index < -0.39 is 0 Å². The Bertz CT molecular complexity index is 804. The molecule has 1 heterocycles. The van der Waals surface area contributed by atoms with Crippen molar-refractivity contribution < 1.29 is 4.74 Å². The maximum atomic E-state index is 8.76. The van der Waals surface area contributed by atoms with Gasteiger partial charge in [-0.25, -0.2) is 4.98 Å². The maximum Gasteiger partial charge on any atom is 0.131 e. The van der Waals surface area contributed by atoms with Crippen LogP contribution < -0.4 is 4.74 Å². The van der Waals surface area contributed by atoms with Gasteiger partial charge in [-0.2, -0.15) is 5.26 Å². The van der Waals surface area contributed by atoms with E-state index in [2.05, 4.69) is 11.1 Å². The number of hydrogen-bond acceptors (Lipinski definition) is 4. The molecule has 5 heteroatoms. The molecule has 0 fully saturated rings. The number of nitrogens with zero attached hydrogens (tertiary/aromatic N) is 2. The number of benzene rings is 2. The standard InChI is InChI=1S/C17H11ClN2OS/c18-14-5-3-13(4-6-14)17-20-15(11-22-17)10-21-16-7-1-12(9-19)2-8-16/h1-8,11H,10H2. The molecule has 3 nitrogen and oxygen atoms in total. The first-order chi connectivity index (χ1) is 10.7. The molecule has 0 unspecified atom stereocenters. The van der Waals surface area contributed by atoms with Gasteiger partial charge in [0.25, 0.3) is 0 Å². The van der Waals surface area contributed by atoms with Crippen molar-refractivity contribution in [3.63, 3.8) is 0 Å². The van der Waals surface area contributed by atoms with Gasteiger partial charge >= 0.3 is 0 Å². The molecular formula is C17H11ClN2OS. The van der Waals surface area contributed by atoms with Crippen LogP contribution in [0.5, 0.6) is 5.75 Å². The van der Waals surface area contributed by atoms with Gasteiger partial charge < -0.3 is 4.74 Å². The second kappa shape index (κ2) is 6.61. The largest absolute Gasteiger partial charge is 0.487 e. The lowest BCUT2D eigenvalue weighted by Crippen LogP contribution is -1.95. The van der Waals surface area contributed by atoms with Gasteiger partial charge in [-0.05, 0) is 36.4 Å². The Morgan fingerprint density at radius 2 is 1.82 bits per heavy atom. The zero-order valence-corrected chi connectivity index (χ0v) is 13.1. The average Bonchev–Trinajstić information content (AvgIpc) is 3.03. The monoisotopic (exact) mass is 326 g/mol. The number of rotatable bonds is 4. The summed E-state index contributed by atoms with van der Waals surface area (Å²) >= 11 is 7.46. The van der Waals surface area contributed by atoms with Crippen LogP contribution in [0, 0.1) is 11.3 Å². The molecule has 0 N–H and O–H groups in total. The van der Waals surface area contributed by atoms with Crippen LogP contribution in [0.1, 0.15) is 11.3 Å². The van der Waals surface area contributed by atoms with E-state index in [1.54, 1.807) is 35.6 Å². The number of ether oxygens (including phenoxy) is 1. The molecule has 0 amide bonds. The van der Waals surface area contributed by atoms with E-state index in [1.807, 2.05) is 29.6 Å². The van der Waals surface area contributed by atoms with Crippen molar-refractivity contribution in [2.24, 2.45) is 0 Å². The molecule has 108 valence electrons. The fraction of sp³-hybridized carbons (Fsp3) is 0.0588. The highest BCUT2D eigenvalue weighted by atomic mass is 35.5. The Kier molecular flexibility index (Phi) is 4.38. The highest BCUT2D eigenvalue weighted by molar-refractivity contribution is 7.13. The van der Waals surface area contributed by atoms with Crippen LogP contribution in [-0.4, -0.2) is 4.98 Å². The third-order valence-electron chi connectivity index (χ3n) is 3.01. The summed E-state index contributed by atoms with van der Waals surface area (Å²) in [5.74, 6) is 0.722. The quantitative estimate of drug-likeness (QED) is 0.684. The van der Waals surface area contributed by atoms with Gasteiger partial charge in [0.1, 0.15) is 17.4 Å². The minimum absolute atomic E-state index is 0.399. The SMILES string of the molecule is N#Cc1ccc(OCc2csc(-c3ccc(Cl)cc3)n2)cc1. The Balaban J connectivity index is 1.66. The second-order valence-corrected chi connectivity index (χ2v) is 5.87. The summed E-state index contributed by atoms with van der Waals surface area (Å²) in [6.45, 7) is 0.399.